The molecule has 0 bridgehead atoms. The second kappa shape index (κ2) is 9.22. The minimum absolute atomic E-state index is 0.119. The zero-order valence-corrected chi connectivity index (χ0v) is 17.8. The highest BCUT2D eigenvalue weighted by Crippen LogP contribution is 2.26. The summed E-state index contributed by atoms with van der Waals surface area (Å²) in [7, 11) is 0. The minimum atomic E-state index is -0.247. The molecule has 3 aromatic rings. The van der Waals surface area contributed by atoms with Crippen LogP contribution in [0.4, 0.5) is 0 Å². The molecule has 162 valence electrons. The summed E-state index contributed by atoms with van der Waals surface area (Å²) < 4.78 is 16.6. The van der Waals surface area contributed by atoms with E-state index in [2.05, 4.69) is 25.7 Å². The van der Waals surface area contributed by atoms with Crippen LogP contribution in [0.3, 0.4) is 0 Å². The largest absolute Gasteiger partial charge is 0.472 e. The van der Waals surface area contributed by atoms with Gasteiger partial charge in [0.1, 0.15) is 18.1 Å². The average molecular weight is 423 g/mol. The SMILES string of the molecule is CCO[C@H]1C[C@H](NC(=O)c2ccc(OCc3c(-c4ccc(C)nc4)noc3C)nn2)C1. The van der Waals surface area contributed by atoms with Crippen molar-refractivity contribution in [3.8, 4) is 17.1 Å². The van der Waals surface area contributed by atoms with Crippen molar-refractivity contribution < 1.29 is 18.8 Å². The third-order valence-corrected chi connectivity index (χ3v) is 5.24. The van der Waals surface area contributed by atoms with E-state index in [1.807, 2.05) is 32.9 Å². The fourth-order valence-corrected chi connectivity index (χ4v) is 3.37. The number of carbonyl (C=O) groups is 1. The lowest BCUT2D eigenvalue weighted by Gasteiger charge is -2.35. The van der Waals surface area contributed by atoms with Gasteiger partial charge in [-0.05, 0) is 51.8 Å². The maximum absolute atomic E-state index is 12.3. The molecule has 31 heavy (non-hydrogen) atoms. The quantitative estimate of drug-likeness (QED) is 0.588. The number of rotatable bonds is 8. The molecule has 1 fully saturated rings. The number of nitrogens with zero attached hydrogens (tertiary/aromatic N) is 4. The van der Waals surface area contributed by atoms with Crippen LogP contribution in [-0.2, 0) is 11.3 Å². The molecule has 1 saturated carbocycles. The van der Waals surface area contributed by atoms with Gasteiger partial charge in [0.25, 0.3) is 5.91 Å². The molecule has 0 spiro atoms. The first-order chi connectivity index (χ1) is 15.0. The van der Waals surface area contributed by atoms with Crippen LogP contribution in [0.25, 0.3) is 11.3 Å². The second-order valence-corrected chi connectivity index (χ2v) is 7.52. The number of carbonyl (C=O) groups excluding carboxylic acids is 1. The molecule has 4 rings (SSSR count). The molecule has 1 N–H and O–H groups in total. The molecule has 9 nitrogen and oxygen atoms in total. The molecule has 3 aromatic heterocycles. The zero-order chi connectivity index (χ0) is 21.8. The number of aromatic nitrogens is 4. The summed E-state index contributed by atoms with van der Waals surface area (Å²) in [5.41, 5.74) is 3.51. The van der Waals surface area contributed by atoms with E-state index >= 15 is 0 Å². The summed E-state index contributed by atoms with van der Waals surface area (Å²) >= 11 is 0. The highest BCUT2D eigenvalue weighted by atomic mass is 16.5. The molecule has 1 aliphatic rings. The lowest BCUT2D eigenvalue weighted by Crippen LogP contribution is -2.48. The third-order valence-electron chi connectivity index (χ3n) is 5.24. The molecular formula is C22H25N5O4. The molecule has 0 atom stereocenters. The lowest BCUT2D eigenvalue weighted by molar-refractivity contribution is -0.00867. The molecule has 0 aromatic carbocycles. The van der Waals surface area contributed by atoms with Gasteiger partial charge in [0.2, 0.25) is 5.88 Å². The summed E-state index contributed by atoms with van der Waals surface area (Å²) in [6.45, 7) is 6.62. The highest BCUT2D eigenvalue weighted by Gasteiger charge is 2.31. The van der Waals surface area contributed by atoms with E-state index in [0.717, 1.165) is 29.7 Å². The van der Waals surface area contributed by atoms with Gasteiger partial charge in [-0.15, -0.1) is 10.2 Å². The Morgan fingerprint density at radius 3 is 2.71 bits per heavy atom. The Morgan fingerprint density at radius 2 is 2.03 bits per heavy atom. The Labute approximate surface area is 180 Å². The Morgan fingerprint density at radius 1 is 1.19 bits per heavy atom. The number of amides is 1. The first-order valence-electron chi connectivity index (χ1n) is 10.3. The summed E-state index contributed by atoms with van der Waals surface area (Å²) in [5, 5.41) is 15.1. The molecule has 3 heterocycles. The van der Waals surface area contributed by atoms with Crippen molar-refractivity contribution in [2.75, 3.05) is 6.61 Å². The van der Waals surface area contributed by atoms with Crippen LogP contribution in [0.1, 0.15) is 47.3 Å². The van der Waals surface area contributed by atoms with Crippen LogP contribution in [0.15, 0.2) is 35.0 Å². The summed E-state index contributed by atoms with van der Waals surface area (Å²) in [6.07, 6.45) is 3.64. The number of hydrogen-bond acceptors (Lipinski definition) is 8. The summed E-state index contributed by atoms with van der Waals surface area (Å²) in [5.74, 6) is 0.721. The van der Waals surface area contributed by atoms with Crippen LogP contribution in [0.5, 0.6) is 5.88 Å². The van der Waals surface area contributed by atoms with Crippen LogP contribution < -0.4 is 10.1 Å². The fraction of sp³-hybridized carbons (Fsp3) is 0.409. The van der Waals surface area contributed by atoms with Gasteiger partial charge in [0, 0.05) is 36.2 Å². The van der Waals surface area contributed by atoms with Gasteiger partial charge < -0.3 is 19.3 Å². The lowest BCUT2D eigenvalue weighted by atomic mass is 9.89. The first-order valence-corrected chi connectivity index (χ1v) is 10.3. The minimum Gasteiger partial charge on any atom is -0.472 e. The number of nitrogens with one attached hydrogen (secondary N) is 1. The first kappa shape index (κ1) is 20.9. The normalized spacial score (nSPS) is 17.8. The van der Waals surface area contributed by atoms with Gasteiger partial charge in [-0.25, -0.2) is 0 Å². The van der Waals surface area contributed by atoms with Crippen LogP contribution in [-0.4, -0.2) is 45.0 Å². The van der Waals surface area contributed by atoms with Crippen molar-refractivity contribution >= 4 is 5.91 Å². The van der Waals surface area contributed by atoms with Crippen molar-refractivity contribution in [1.82, 2.24) is 25.7 Å². The van der Waals surface area contributed by atoms with Gasteiger partial charge in [0.05, 0.1) is 11.7 Å². The fourth-order valence-electron chi connectivity index (χ4n) is 3.37. The van der Waals surface area contributed by atoms with E-state index in [4.69, 9.17) is 14.0 Å². The standard InChI is InChI=1S/C22H25N5O4/c1-4-29-17-9-16(10-17)24-22(28)19-7-8-20(26-25-19)30-12-18-14(3)31-27-21(18)15-6-5-13(2)23-11-15/h5-8,11,16-17H,4,9-10,12H2,1-3H3,(H,24,28)/t16-,17-. The van der Waals surface area contributed by atoms with Gasteiger partial charge in [-0.2, -0.15) is 0 Å². The van der Waals surface area contributed by atoms with E-state index in [9.17, 15) is 4.79 Å². The topological polar surface area (TPSA) is 112 Å². The summed E-state index contributed by atoms with van der Waals surface area (Å²) in [6, 6.07) is 7.20. The van der Waals surface area contributed by atoms with Crippen LogP contribution in [0.2, 0.25) is 0 Å². The van der Waals surface area contributed by atoms with E-state index in [1.165, 1.54) is 0 Å². The monoisotopic (exact) mass is 423 g/mol. The van der Waals surface area contributed by atoms with Gasteiger partial charge in [0.15, 0.2) is 5.69 Å². The highest BCUT2D eigenvalue weighted by molar-refractivity contribution is 5.92. The maximum Gasteiger partial charge on any atom is 0.272 e. The molecule has 9 heteroatoms. The Bertz CT molecular complexity index is 1030. The third kappa shape index (κ3) is 4.88. The van der Waals surface area contributed by atoms with Crippen molar-refractivity contribution in [2.45, 2.75) is 52.4 Å². The second-order valence-electron chi connectivity index (χ2n) is 7.52. The maximum atomic E-state index is 12.3. The Kier molecular flexibility index (Phi) is 6.22. The van der Waals surface area contributed by atoms with Gasteiger partial charge in [-0.1, -0.05) is 5.16 Å². The van der Waals surface area contributed by atoms with Crippen molar-refractivity contribution in [3.05, 3.63) is 53.2 Å². The average Bonchev–Trinajstić information content (AvgIpc) is 3.12. The van der Waals surface area contributed by atoms with E-state index in [1.54, 1.807) is 18.3 Å². The van der Waals surface area contributed by atoms with E-state index in [0.29, 0.717) is 23.9 Å². The Hall–Kier alpha value is -3.33. The smallest absolute Gasteiger partial charge is 0.272 e. The van der Waals surface area contributed by atoms with Crippen LogP contribution in [0, 0.1) is 13.8 Å². The molecule has 0 radical (unpaired) electrons. The molecule has 0 unspecified atom stereocenters. The van der Waals surface area contributed by atoms with Crippen molar-refractivity contribution in [3.63, 3.8) is 0 Å². The van der Waals surface area contributed by atoms with Gasteiger partial charge in [-0.3, -0.25) is 9.78 Å². The molecule has 1 amide bonds. The molecular weight excluding hydrogens is 398 g/mol. The Balaban J connectivity index is 1.34. The van der Waals surface area contributed by atoms with Crippen molar-refractivity contribution in [1.29, 1.82) is 0 Å². The van der Waals surface area contributed by atoms with E-state index < -0.39 is 0 Å². The molecule has 0 saturated heterocycles. The predicted octanol–water partition coefficient (Wildman–Crippen LogP) is 3.02. The number of pyridine rings is 1. The number of hydrogen-bond donors (Lipinski definition) is 1. The summed E-state index contributed by atoms with van der Waals surface area (Å²) in [4.78, 5) is 16.6. The van der Waals surface area contributed by atoms with Crippen molar-refractivity contribution in [2.24, 2.45) is 0 Å². The number of aryl methyl sites for hydroxylation is 2. The van der Waals surface area contributed by atoms with E-state index in [-0.39, 0.29) is 30.4 Å². The zero-order valence-electron chi connectivity index (χ0n) is 17.8. The van der Waals surface area contributed by atoms with Gasteiger partial charge >= 0.3 is 0 Å². The van der Waals surface area contributed by atoms with Crippen LogP contribution >= 0.6 is 0 Å². The molecule has 0 aliphatic heterocycles. The number of ether oxygens (including phenoxy) is 2. The predicted molar refractivity (Wildman–Crippen MR) is 111 cm³/mol. The molecule has 1 aliphatic carbocycles.